The molecule has 6 nitrogen and oxygen atoms in total. The number of benzene rings is 2. The van der Waals surface area contributed by atoms with Crippen LogP contribution in [-0.4, -0.2) is 68.4 Å². The molecule has 148 valence electrons. The van der Waals surface area contributed by atoms with E-state index in [-0.39, 0.29) is 11.7 Å². The number of ether oxygens (including phenoxy) is 2. The largest absolute Gasteiger partial charge is 0.493 e. The van der Waals surface area contributed by atoms with Gasteiger partial charge in [0.1, 0.15) is 0 Å². The van der Waals surface area contributed by atoms with E-state index in [1.54, 1.807) is 32.4 Å². The van der Waals surface area contributed by atoms with Gasteiger partial charge in [0.25, 0.3) is 0 Å². The number of carbonyl (C=O) groups is 2. The summed E-state index contributed by atoms with van der Waals surface area (Å²) in [5.41, 5.74) is 1.62. The highest BCUT2D eigenvalue weighted by molar-refractivity contribution is 5.98. The Labute approximate surface area is 165 Å². The molecule has 0 saturated carbocycles. The third kappa shape index (κ3) is 4.89. The maximum Gasteiger partial charge on any atom is 0.227 e. The monoisotopic (exact) mass is 382 g/mol. The summed E-state index contributed by atoms with van der Waals surface area (Å²) in [5, 5.41) is 0. The number of nitrogens with zero attached hydrogens (tertiary/aromatic N) is 2. The molecule has 1 aliphatic rings. The first-order chi connectivity index (χ1) is 13.6. The van der Waals surface area contributed by atoms with Crippen molar-refractivity contribution < 1.29 is 19.1 Å². The first-order valence-corrected chi connectivity index (χ1v) is 9.40. The van der Waals surface area contributed by atoms with Crippen molar-refractivity contribution in [2.24, 2.45) is 0 Å². The minimum atomic E-state index is 0.0324. The third-order valence-electron chi connectivity index (χ3n) is 5.00. The zero-order valence-corrected chi connectivity index (χ0v) is 16.4. The number of hydrogen-bond donors (Lipinski definition) is 0. The summed E-state index contributed by atoms with van der Waals surface area (Å²) in [6.45, 7) is 3.01. The van der Waals surface area contributed by atoms with Gasteiger partial charge in [-0.3, -0.25) is 14.5 Å². The Morgan fingerprint density at radius 1 is 0.893 bits per heavy atom. The van der Waals surface area contributed by atoms with Crippen molar-refractivity contribution in [3.63, 3.8) is 0 Å². The van der Waals surface area contributed by atoms with Crippen LogP contribution in [0.2, 0.25) is 0 Å². The van der Waals surface area contributed by atoms with Crippen LogP contribution in [0.3, 0.4) is 0 Å². The van der Waals surface area contributed by atoms with Crippen LogP contribution >= 0.6 is 0 Å². The molecule has 1 saturated heterocycles. The van der Waals surface area contributed by atoms with E-state index in [9.17, 15) is 9.59 Å². The van der Waals surface area contributed by atoms with Gasteiger partial charge in [-0.2, -0.15) is 0 Å². The molecule has 0 aliphatic carbocycles. The molecule has 0 atom stereocenters. The van der Waals surface area contributed by atoms with E-state index in [1.807, 2.05) is 35.2 Å². The molecule has 1 heterocycles. The van der Waals surface area contributed by atoms with Crippen molar-refractivity contribution in [2.75, 3.05) is 46.9 Å². The molecule has 1 amide bonds. The highest BCUT2D eigenvalue weighted by Crippen LogP contribution is 2.27. The summed E-state index contributed by atoms with van der Waals surface area (Å²) < 4.78 is 10.5. The third-order valence-corrected chi connectivity index (χ3v) is 5.00. The molecule has 0 aromatic heterocycles. The van der Waals surface area contributed by atoms with Gasteiger partial charge in [-0.15, -0.1) is 0 Å². The lowest BCUT2D eigenvalue weighted by atomic mass is 10.1. The molecule has 3 rings (SSSR count). The van der Waals surface area contributed by atoms with E-state index in [4.69, 9.17) is 9.47 Å². The SMILES string of the molecule is COc1ccc(C(=O)CN2CCN(C(=O)Cc3ccccc3)CC2)cc1OC. The summed E-state index contributed by atoms with van der Waals surface area (Å²) in [6.07, 6.45) is 0.422. The minimum Gasteiger partial charge on any atom is -0.493 e. The molecule has 2 aromatic rings. The Bertz CT molecular complexity index is 815. The lowest BCUT2D eigenvalue weighted by Gasteiger charge is -2.34. The van der Waals surface area contributed by atoms with E-state index in [0.29, 0.717) is 56.2 Å². The number of rotatable bonds is 7. The second-order valence-electron chi connectivity index (χ2n) is 6.81. The Morgan fingerprint density at radius 2 is 1.57 bits per heavy atom. The quantitative estimate of drug-likeness (QED) is 0.688. The lowest BCUT2D eigenvalue weighted by Crippen LogP contribution is -2.50. The smallest absolute Gasteiger partial charge is 0.227 e. The molecular weight excluding hydrogens is 356 g/mol. The fourth-order valence-electron chi connectivity index (χ4n) is 3.34. The number of amides is 1. The molecule has 1 fully saturated rings. The van der Waals surface area contributed by atoms with Crippen LogP contribution in [0.25, 0.3) is 0 Å². The highest BCUT2D eigenvalue weighted by Gasteiger charge is 2.23. The predicted octanol–water partition coefficient (Wildman–Crippen LogP) is 2.27. The molecular formula is C22H26N2O4. The van der Waals surface area contributed by atoms with Crippen LogP contribution in [-0.2, 0) is 11.2 Å². The molecule has 0 spiro atoms. The Kier molecular flexibility index (Phi) is 6.66. The van der Waals surface area contributed by atoms with Gasteiger partial charge in [0.15, 0.2) is 17.3 Å². The average molecular weight is 382 g/mol. The fraction of sp³-hybridized carbons (Fsp3) is 0.364. The molecule has 6 heteroatoms. The highest BCUT2D eigenvalue weighted by atomic mass is 16.5. The zero-order valence-electron chi connectivity index (χ0n) is 16.4. The van der Waals surface area contributed by atoms with Gasteiger partial charge in [0.2, 0.25) is 5.91 Å². The topological polar surface area (TPSA) is 59.1 Å². The number of carbonyl (C=O) groups excluding carboxylic acids is 2. The van der Waals surface area contributed by atoms with Crippen LogP contribution in [0.1, 0.15) is 15.9 Å². The van der Waals surface area contributed by atoms with Gasteiger partial charge in [0.05, 0.1) is 27.2 Å². The van der Waals surface area contributed by atoms with Crippen LogP contribution in [0.15, 0.2) is 48.5 Å². The van der Waals surface area contributed by atoms with Gasteiger partial charge in [-0.05, 0) is 23.8 Å². The van der Waals surface area contributed by atoms with Gasteiger partial charge >= 0.3 is 0 Å². The van der Waals surface area contributed by atoms with E-state index >= 15 is 0 Å². The zero-order chi connectivity index (χ0) is 19.9. The van der Waals surface area contributed by atoms with E-state index in [2.05, 4.69) is 4.90 Å². The summed E-state index contributed by atoms with van der Waals surface area (Å²) in [7, 11) is 3.12. The van der Waals surface area contributed by atoms with Gasteiger partial charge in [-0.1, -0.05) is 30.3 Å². The molecule has 1 aliphatic heterocycles. The van der Waals surface area contributed by atoms with Gasteiger partial charge in [0, 0.05) is 31.7 Å². The van der Waals surface area contributed by atoms with E-state index in [0.717, 1.165) is 5.56 Å². The fourth-order valence-corrected chi connectivity index (χ4v) is 3.34. The Hall–Kier alpha value is -2.86. The van der Waals surface area contributed by atoms with Crippen molar-refractivity contribution >= 4 is 11.7 Å². The number of Topliss-reactive ketones (excluding diaryl/α,β-unsaturated/α-hetero) is 1. The molecule has 0 unspecified atom stereocenters. The van der Waals surface area contributed by atoms with E-state index < -0.39 is 0 Å². The van der Waals surface area contributed by atoms with Crippen molar-refractivity contribution in [1.82, 2.24) is 9.80 Å². The lowest BCUT2D eigenvalue weighted by molar-refractivity contribution is -0.132. The minimum absolute atomic E-state index is 0.0324. The van der Waals surface area contributed by atoms with Crippen LogP contribution in [0.4, 0.5) is 0 Å². The maximum atomic E-state index is 12.6. The predicted molar refractivity (Wildman–Crippen MR) is 107 cm³/mol. The van der Waals surface area contributed by atoms with E-state index in [1.165, 1.54) is 0 Å². The van der Waals surface area contributed by atoms with Crippen molar-refractivity contribution in [2.45, 2.75) is 6.42 Å². The summed E-state index contributed by atoms with van der Waals surface area (Å²) >= 11 is 0. The standard InChI is InChI=1S/C22H26N2O4/c1-27-20-9-8-18(15-21(20)28-2)19(25)16-23-10-12-24(13-11-23)22(26)14-17-6-4-3-5-7-17/h3-9,15H,10-14,16H2,1-2H3. The second-order valence-corrected chi connectivity index (χ2v) is 6.81. The summed E-state index contributed by atoms with van der Waals surface area (Å²) in [6, 6.07) is 15.0. The molecule has 0 bridgehead atoms. The van der Waals surface area contributed by atoms with Gasteiger partial charge < -0.3 is 14.4 Å². The molecule has 28 heavy (non-hydrogen) atoms. The number of hydrogen-bond acceptors (Lipinski definition) is 5. The number of methoxy groups -OCH3 is 2. The van der Waals surface area contributed by atoms with Crippen molar-refractivity contribution in [3.05, 3.63) is 59.7 Å². The first kappa shape index (κ1) is 19.9. The average Bonchev–Trinajstić information content (AvgIpc) is 2.74. The number of ketones is 1. The Morgan fingerprint density at radius 3 is 2.21 bits per heavy atom. The van der Waals surface area contributed by atoms with Crippen molar-refractivity contribution in [3.8, 4) is 11.5 Å². The van der Waals surface area contributed by atoms with Crippen LogP contribution < -0.4 is 9.47 Å². The normalized spacial score (nSPS) is 14.6. The van der Waals surface area contributed by atoms with Crippen LogP contribution in [0.5, 0.6) is 11.5 Å². The second kappa shape index (κ2) is 9.37. The van der Waals surface area contributed by atoms with Gasteiger partial charge in [-0.25, -0.2) is 0 Å². The maximum absolute atomic E-state index is 12.6. The van der Waals surface area contributed by atoms with Crippen LogP contribution in [0, 0.1) is 0 Å². The number of piperazine rings is 1. The molecule has 0 N–H and O–H groups in total. The molecule has 2 aromatic carbocycles. The summed E-state index contributed by atoms with van der Waals surface area (Å²) in [4.78, 5) is 29.1. The first-order valence-electron chi connectivity index (χ1n) is 9.40. The molecule has 0 radical (unpaired) electrons. The summed E-state index contributed by atoms with van der Waals surface area (Å²) in [5.74, 6) is 1.32. The van der Waals surface area contributed by atoms with Crippen molar-refractivity contribution in [1.29, 1.82) is 0 Å². The Balaban J connectivity index is 1.51.